The maximum Gasteiger partial charge on any atom is 0.295 e. The summed E-state index contributed by atoms with van der Waals surface area (Å²) in [5, 5.41) is 4.03. The average Bonchev–Trinajstić information content (AvgIpc) is 2.91. The Bertz CT molecular complexity index is 736. The maximum atomic E-state index is 6.32. The van der Waals surface area contributed by atoms with Crippen molar-refractivity contribution in [3.8, 4) is 0 Å². The van der Waals surface area contributed by atoms with Crippen molar-refractivity contribution >= 4 is 28.7 Å². The number of rotatable bonds is 5. The van der Waals surface area contributed by atoms with Crippen molar-refractivity contribution in [3.63, 3.8) is 0 Å². The predicted molar refractivity (Wildman–Crippen MR) is 90.4 cm³/mol. The molecule has 0 saturated carbocycles. The molecule has 1 aromatic heterocycles. The first-order valence-corrected chi connectivity index (χ1v) is 7.53. The zero-order chi connectivity index (χ0) is 15.5. The molecule has 22 heavy (non-hydrogen) atoms. The van der Waals surface area contributed by atoms with Crippen LogP contribution in [0.25, 0.3) is 11.1 Å². The van der Waals surface area contributed by atoms with Gasteiger partial charge in [-0.05, 0) is 37.9 Å². The number of benzene rings is 2. The van der Waals surface area contributed by atoms with Crippen molar-refractivity contribution < 1.29 is 4.42 Å². The van der Waals surface area contributed by atoms with E-state index < -0.39 is 0 Å². The van der Waals surface area contributed by atoms with Gasteiger partial charge in [0.25, 0.3) is 6.01 Å². The summed E-state index contributed by atoms with van der Waals surface area (Å²) in [6.45, 7) is 0.656. The summed E-state index contributed by atoms with van der Waals surface area (Å²) >= 11 is 6.32. The van der Waals surface area contributed by atoms with E-state index in [0.717, 1.165) is 21.7 Å². The molecule has 0 radical (unpaired) electrons. The Morgan fingerprint density at radius 2 is 1.86 bits per heavy atom. The number of oxazole rings is 1. The van der Waals surface area contributed by atoms with Gasteiger partial charge in [-0.2, -0.15) is 4.98 Å². The summed E-state index contributed by atoms with van der Waals surface area (Å²) in [7, 11) is 4.06. The summed E-state index contributed by atoms with van der Waals surface area (Å²) in [6.07, 6.45) is 0. The highest BCUT2D eigenvalue weighted by molar-refractivity contribution is 6.31. The topological polar surface area (TPSA) is 41.3 Å². The zero-order valence-corrected chi connectivity index (χ0v) is 13.3. The van der Waals surface area contributed by atoms with Crippen molar-refractivity contribution in [1.29, 1.82) is 0 Å². The summed E-state index contributed by atoms with van der Waals surface area (Å²) in [5.74, 6) is 0. The van der Waals surface area contributed by atoms with Crippen LogP contribution in [0.2, 0.25) is 5.02 Å². The summed E-state index contributed by atoms with van der Waals surface area (Å²) < 4.78 is 5.69. The lowest BCUT2D eigenvalue weighted by atomic mass is 10.1. The minimum absolute atomic E-state index is 0.128. The fraction of sp³-hybridized carbons (Fsp3) is 0.235. The quantitative estimate of drug-likeness (QED) is 0.766. The van der Waals surface area contributed by atoms with Crippen LogP contribution in [0.15, 0.2) is 52.9 Å². The highest BCUT2D eigenvalue weighted by Crippen LogP contribution is 2.27. The molecule has 5 heteroatoms. The van der Waals surface area contributed by atoms with E-state index in [9.17, 15) is 0 Å². The van der Waals surface area contributed by atoms with Crippen LogP contribution in [0.4, 0.5) is 6.01 Å². The summed E-state index contributed by atoms with van der Waals surface area (Å²) in [5.41, 5.74) is 2.71. The third-order valence-corrected chi connectivity index (χ3v) is 3.97. The number of fused-ring (bicyclic) bond motifs is 1. The number of hydrogen-bond acceptors (Lipinski definition) is 4. The molecule has 0 aliphatic rings. The van der Waals surface area contributed by atoms with Crippen LogP contribution in [0.1, 0.15) is 11.6 Å². The highest BCUT2D eigenvalue weighted by atomic mass is 35.5. The van der Waals surface area contributed by atoms with E-state index in [1.165, 1.54) is 0 Å². The van der Waals surface area contributed by atoms with Crippen LogP contribution in [0, 0.1) is 0 Å². The van der Waals surface area contributed by atoms with Gasteiger partial charge in [-0.15, -0.1) is 0 Å². The van der Waals surface area contributed by atoms with Crippen LogP contribution in [-0.4, -0.2) is 30.5 Å². The first-order valence-electron chi connectivity index (χ1n) is 7.15. The number of nitrogens with zero attached hydrogens (tertiary/aromatic N) is 2. The van der Waals surface area contributed by atoms with Crippen LogP contribution >= 0.6 is 11.6 Å². The Labute approximate surface area is 134 Å². The van der Waals surface area contributed by atoms with E-state index in [0.29, 0.717) is 12.6 Å². The number of halogens is 1. The van der Waals surface area contributed by atoms with Gasteiger partial charge in [-0.25, -0.2) is 0 Å². The first-order chi connectivity index (χ1) is 10.6. The minimum atomic E-state index is 0.128. The zero-order valence-electron chi connectivity index (χ0n) is 12.6. The van der Waals surface area contributed by atoms with Gasteiger partial charge in [0, 0.05) is 11.6 Å². The van der Waals surface area contributed by atoms with E-state index in [2.05, 4.69) is 15.2 Å². The normalized spacial score (nSPS) is 12.7. The molecule has 0 amide bonds. The minimum Gasteiger partial charge on any atom is -0.424 e. The number of aromatic nitrogens is 1. The van der Waals surface area contributed by atoms with Gasteiger partial charge in [0.15, 0.2) is 5.58 Å². The molecule has 0 aliphatic heterocycles. The van der Waals surface area contributed by atoms with Crippen LogP contribution in [0.5, 0.6) is 0 Å². The Morgan fingerprint density at radius 1 is 1.14 bits per heavy atom. The molecule has 0 saturated heterocycles. The van der Waals surface area contributed by atoms with E-state index >= 15 is 0 Å². The van der Waals surface area contributed by atoms with E-state index in [1.807, 2.05) is 62.6 Å². The summed E-state index contributed by atoms with van der Waals surface area (Å²) in [4.78, 5) is 6.55. The number of nitrogens with one attached hydrogen (secondary N) is 1. The standard InChI is InChI=1S/C17H18ClN3O/c1-21(2)15(12-7-3-4-8-13(12)18)11-19-17-20-14-9-5-6-10-16(14)22-17/h3-10,15H,11H2,1-2H3,(H,19,20). The van der Waals surface area contributed by atoms with Crippen LogP contribution in [-0.2, 0) is 0 Å². The fourth-order valence-electron chi connectivity index (χ4n) is 2.45. The molecule has 4 nitrogen and oxygen atoms in total. The van der Waals surface area contributed by atoms with Crippen molar-refractivity contribution in [3.05, 3.63) is 59.1 Å². The van der Waals surface area contributed by atoms with Gasteiger partial charge in [-0.3, -0.25) is 0 Å². The Hall–Kier alpha value is -2.04. The average molecular weight is 316 g/mol. The molecule has 1 N–H and O–H groups in total. The first kappa shape index (κ1) is 14.9. The fourth-order valence-corrected chi connectivity index (χ4v) is 2.71. The molecule has 3 rings (SSSR count). The monoisotopic (exact) mass is 315 g/mol. The third-order valence-electron chi connectivity index (χ3n) is 3.63. The third kappa shape index (κ3) is 3.08. The van der Waals surface area contributed by atoms with Gasteiger partial charge >= 0.3 is 0 Å². The van der Waals surface area contributed by atoms with E-state index in [1.54, 1.807) is 0 Å². The predicted octanol–water partition coefficient (Wildman–Crippen LogP) is 4.20. The largest absolute Gasteiger partial charge is 0.424 e. The molecule has 2 aromatic carbocycles. The molecule has 1 atom stereocenters. The second kappa shape index (κ2) is 6.38. The molecule has 1 unspecified atom stereocenters. The Balaban J connectivity index is 1.78. The lowest BCUT2D eigenvalue weighted by Gasteiger charge is -2.25. The smallest absolute Gasteiger partial charge is 0.295 e. The lowest BCUT2D eigenvalue weighted by Crippen LogP contribution is -2.27. The molecule has 3 aromatic rings. The van der Waals surface area contributed by atoms with Crippen LogP contribution in [0.3, 0.4) is 0 Å². The number of anilines is 1. The molecule has 1 heterocycles. The van der Waals surface area contributed by atoms with Gasteiger partial charge in [0.05, 0.1) is 6.04 Å². The number of para-hydroxylation sites is 2. The highest BCUT2D eigenvalue weighted by Gasteiger charge is 2.17. The summed E-state index contributed by atoms with van der Waals surface area (Å²) in [6, 6.07) is 16.3. The van der Waals surface area contributed by atoms with E-state index in [-0.39, 0.29) is 6.04 Å². The van der Waals surface area contributed by atoms with Crippen molar-refractivity contribution in [2.75, 3.05) is 26.0 Å². The SMILES string of the molecule is CN(C)C(CNc1nc2ccccc2o1)c1ccccc1Cl. The van der Waals surface area contributed by atoms with Crippen LogP contribution < -0.4 is 5.32 Å². The molecular weight excluding hydrogens is 298 g/mol. The Morgan fingerprint density at radius 3 is 2.59 bits per heavy atom. The molecular formula is C17H18ClN3O. The van der Waals surface area contributed by atoms with Crippen molar-refractivity contribution in [2.45, 2.75) is 6.04 Å². The van der Waals surface area contributed by atoms with Gasteiger partial charge < -0.3 is 14.6 Å². The number of hydrogen-bond donors (Lipinski definition) is 1. The molecule has 0 spiro atoms. The van der Waals surface area contributed by atoms with Crippen molar-refractivity contribution in [2.24, 2.45) is 0 Å². The van der Waals surface area contributed by atoms with Gasteiger partial charge in [0.1, 0.15) is 5.52 Å². The molecule has 0 bridgehead atoms. The molecule has 114 valence electrons. The second-order valence-electron chi connectivity index (χ2n) is 5.37. The second-order valence-corrected chi connectivity index (χ2v) is 5.78. The van der Waals surface area contributed by atoms with Gasteiger partial charge in [-0.1, -0.05) is 41.9 Å². The Kier molecular flexibility index (Phi) is 4.32. The lowest BCUT2D eigenvalue weighted by molar-refractivity contribution is 0.310. The molecule has 0 fully saturated rings. The van der Waals surface area contributed by atoms with E-state index in [4.69, 9.17) is 16.0 Å². The van der Waals surface area contributed by atoms with Crippen molar-refractivity contribution in [1.82, 2.24) is 9.88 Å². The number of likely N-dealkylation sites (N-methyl/N-ethyl adjacent to an activating group) is 1. The molecule has 0 aliphatic carbocycles. The maximum absolute atomic E-state index is 6.32. The van der Waals surface area contributed by atoms with Gasteiger partial charge in [0.2, 0.25) is 0 Å².